The molecule has 1 unspecified atom stereocenters. The van der Waals surface area contributed by atoms with E-state index in [4.69, 9.17) is 23.2 Å². The fourth-order valence-electron chi connectivity index (χ4n) is 2.56. The largest absolute Gasteiger partial charge is 0.313 e. The van der Waals surface area contributed by atoms with Crippen molar-refractivity contribution in [3.05, 3.63) is 69.0 Å². The summed E-state index contributed by atoms with van der Waals surface area (Å²) in [4.78, 5) is 0. The molecule has 1 aromatic heterocycles. The highest BCUT2D eigenvalue weighted by atomic mass is 35.5. The molecule has 0 bridgehead atoms. The third kappa shape index (κ3) is 2.95. The summed E-state index contributed by atoms with van der Waals surface area (Å²) in [7, 11) is 1.98. The van der Waals surface area contributed by atoms with Gasteiger partial charge in [-0.25, -0.2) is 0 Å². The summed E-state index contributed by atoms with van der Waals surface area (Å²) in [6.07, 6.45) is 0.816. The molecule has 108 valence electrons. The number of likely N-dealkylation sites (N-methyl/N-ethyl adjacent to an activating group) is 1. The normalized spacial score (nSPS) is 12.7. The summed E-state index contributed by atoms with van der Waals surface area (Å²) in [6.45, 7) is 0. The van der Waals surface area contributed by atoms with Crippen molar-refractivity contribution in [1.29, 1.82) is 0 Å². The maximum absolute atomic E-state index is 6.32. The minimum Gasteiger partial charge on any atom is -0.313 e. The highest BCUT2D eigenvalue weighted by Gasteiger charge is 2.16. The van der Waals surface area contributed by atoms with Crippen LogP contribution >= 0.6 is 34.5 Å². The van der Waals surface area contributed by atoms with Gasteiger partial charge in [0.15, 0.2) is 0 Å². The zero-order valence-electron chi connectivity index (χ0n) is 11.6. The second-order valence-corrected chi connectivity index (χ2v) is 6.64. The Kier molecular flexibility index (Phi) is 4.51. The van der Waals surface area contributed by atoms with Crippen molar-refractivity contribution in [2.24, 2.45) is 0 Å². The number of nitrogens with one attached hydrogen (secondary N) is 1. The molecule has 0 radical (unpaired) electrons. The van der Waals surface area contributed by atoms with E-state index in [9.17, 15) is 0 Å². The van der Waals surface area contributed by atoms with Gasteiger partial charge in [-0.05, 0) is 47.5 Å². The molecule has 2 aromatic carbocycles. The Morgan fingerprint density at radius 2 is 1.90 bits per heavy atom. The molecular formula is C17H15Cl2NS. The van der Waals surface area contributed by atoms with E-state index in [1.54, 1.807) is 11.3 Å². The van der Waals surface area contributed by atoms with Gasteiger partial charge in [-0.15, -0.1) is 11.3 Å². The summed E-state index contributed by atoms with van der Waals surface area (Å²) in [5, 5.41) is 8.19. The van der Waals surface area contributed by atoms with Crippen molar-refractivity contribution in [2.75, 3.05) is 7.05 Å². The number of hydrogen-bond acceptors (Lipinski definition) is 2. The van der Waals surface area contributed by atoms with Gasteiger partial charge in [-0.3, -0.25) is 0 Å². The van der Waals surface area contributed by atoms with Crippen molar-refractivity contribution in [2.45, 2.75) is 12.5 Å². The van der Waals surface area contributed by atoms with Crippen LogP contribution < -0.4 is 5.32 Å². The van der Waals surface area contributed by atoms with E-state index in [1.807, 2.05) is 25.2 Å². The molecule has 1 atom stereocenters. The second-order valence-electron chi connectivity index (χ2n) is 4.95. The average molecular weight is 336 g/mol. The number of fused-ring (bicyclic) bond motifs is 1. The van der Waals surface area contributed by atoms with E-state index >= 15 is 0 Å². The Bertz CT molecular complexity index is 766. The van der Waals surface area contributed by atoms with E-state index in [1.165, 1.54) is 15.6 Å². The van der Waals surface area contributed by atoms with Crippen LogP contribution in [0.3, 0.4) is 0 Å². The maximum Gasteiger partial charge on any atom is 0.0624 e. The Labute approximate surface area is 138 Å². The second kappa shape index (κ2) is 6.37. The lowest BCUT2D eigenvalue weighted by molar-refractivity contribution is 0.598. The molecule has 0 aliphatic heterocycles. The molecule has 0 aliphatic rings. The van der Waals surface area contributed by atoms with Crippen LogP contribution in [0.25, 0.3) is 10.1 Å². The fourth-order valence-corrected chi connectivity index (χ4v) is 3.97. The average Bonchev–Trinajstić information content (AvgIpc) is 2.93. The minimum absolute atomic E-state index is 0.220. The monoisotopic (exact) mass is 335 g/mol. The molecule has 3 aromatic rings. The fraction of sp³-hybridized carbons (Fsp3) is 0.176. The molecule has 3 rings (SSSR count). The first kappa shape index (κ1) is 14.9. The number of rotatable bonds is 4. The van der Waals surface area contributed by atoms with Crippen molar-refractivity contribution in [3.8, 4) is 0 Å². The molecule has 4 heteroatoms. The third-order valence-corrected chi connectivity index (χ3v) is 5.53. The summed E-state index contributed by atoms with van der Waals surface area (Å²) < 4.78 is 1.31. The molecular weight excluding hydrogens is 321 g/mol. The number of thiophene rings is 1. The lowest BCUT2D eigenvalue weighted by atomic mass is 9.98. The highest BCUT2D eigenvalue weighted by Crippen LogP contribution is 2.34. The smallest absolute Gasteiger partial charge is 0.0624 e. The van der Waals surface area contributed by atoms with Gasteiger partial charge in [0, 0.05) is 10.7 Å². The first-order valence-corrected chi connectivity index (χ1v) is 8.40. The molecule has 0 amide bonds. The van der Waals surface area contributed by atoms with Crippen LogP contribution in [0.4, 0.5) is 0 Å². The first-order valence-electron chi connectivity index (χ1n) is 6.77. The Balaban J connectivity index is 1.97. The topological polar surface area (TPSA) is 12.0 Å². The lowest BCUT2D eigenvalue weighted by Gasteiger charge is -2.17. The van der Waals surface area contributed by atoms with Gasteiger partial charge in [0.05, 0.1) is 10.0 Å². The number of halogens is 2. The predicted molar refractivity (Wildman–Crippen MR) is 93.8 cm³/mol. The van der Waals surface area contributed by atoms with Gasteiger partial charge in [-0.2, -0.15) is 0 Å². The summed E-state index contributed by atoms with van der Waals surface area (Å²) in [6, 6.07) is 14.5. The molecule has 21 heavy (non-hydrogen) atoms. The van der Waals surface area contributed by atoms with Crippen molar-refractivity contribution < 1.29 is 0 Å². The summed E-state index contributed by atoms with van der Waals surface area (Å²) in [5.74, 6) is 0. The molecule has 0 saturated carbocycles. The summed E-state index contributed by atoms with van der Waals surface area (Å²) >= 11 is 14.2. The Morgan fingerprint density at radius 3 is 2.71 bits per heavy atom. The molecule has 1 nitrogen and oxygen atoms in total. The standard InChI is InChI=1S/C17H15Cl2NS/c1-20-15(9-11-5-4-7-14(18)17(11)19)13-10-21-16-8-3-2-6-12(13)16/h2-8,10,15,20H,9H2,1H3. The van der Waals surface area contributed by atoms with Gasteiger partial charge in [0.25, 0.3) is 0 Å². The third-order valence-electron chi connectivity index (χ3n) is 3.69. The van der Waals surface area contributed by atoms with Gasteiger partial charge in [-0.1, -0.05) is 53.5 Å². The number of hydrogen-bond donors (Lipinski definition) is 1. The Hall–Kier alpha value is -1.06. The van der Waals surface area contributed by atoms with Crippen LogP contribution in [0.15, 0.2) is 47.8 Å². The van der Waals surface area contributed by atoms with Crippen LogP contribution in [0.2, 0.25) is 10.0 Å². The van der Waals surface area contributed by atoms with Crippen LogP contribution in [0.5, 0.6) is 0 Å². The first-order chi connectivity index (χ1) is 10.2. The van der Waals surface area contributed by atoms with E-state index < -0.39 is 0 Å². The van der Waals surface area contributed by atoms with E-state index in [2.05, 4.69) is 35.0 Å². The van der Waals surface area contributed by atoms with Gasteiger partial charge in [0.1, 0.15) is 0 Å². The van der Waals surface area contributed by atoms with Crippen molar-refractivity contribution in [1.82, 2.24) is 5.32 Å². The molecule has 1 N–H and O–H groups in total. The van der Waals surface area contributed by atoms with Crippen LogP contribution in [-0.2, 0) is 6.42 Å². The SMILES string of the molecule is CNC(Cc1cccc(Cl)c1Cl)c1csc2ccccc12. The van der Waals surface area contributed by atoms with Crippen LogP contribution in [0, 0.1) is 0 Å². The van der Waals surface area contributed by atoms with E-state index in [0.717, 1.165) is 12.0 Å². The number of benzene rings is 2. The quantitative estimate of drug-likeness (QED) is 0.643. The zero-order valence-corrected chi connectivity index (χ0v) is 13.9. The molecule has 0 aliphatic carbocycles. The van der Waals surface area contributed by atoms with Gasteiger partial charge < -0.3 is 5.32 Å². The molecule has 0 fully saturated rings. The molecule has 0 saturated heterocycles. The van der Waals surface area contributed by atoms with Gasteiger partial charge >= 0.3 is 0 Å². The van der Waals surface area contributed by atoms with Crippen LogP contribution in [0.1, 0.15) is 17.2 Å². The predicted octanol–water partition coefficient (Wildman–Crippen LogP) is 5.71. The molecule has 0 spiro atoms. The zero-order chi connectivity index (χ0) is 14.8. The van der Waals surface area contributed by atoms with Gasteiger partial charge in [0.2, 0.25) is 0 Å². The van der Waals surface area contributed by atoms with Crippen molar-refractivity contribution in [3.63, 3.8) is 0 Å². The summed E-state index contributed by atoms with van der Waals surface area (Å²) in [5.41, 5.74) is 2.38. The molecule has 1 heterocycles. The van der Waals surface area contributed by atoms with Crippen LogP contribution in [-0.4, -0.2) is 7.05 Å². The highest BCUT2D eigenvalue weighted by molar-refractivity contribution is 7.17. The Morgan fingerprint density at radius 1 is 1.10 bits per heavy atom. The lowest BCUT2D eigenvalue weighted by Crippen LogP contribution is -2.18. The maximum atomic E-state index is 6.32. The van der Waals surface area contributed by atoms with Crippen molar-refractivity contribution >= 4 is 44.6 Å². The minimum atomic E-state index is 0.220. The van der Waals surface area contributed by atoms with E-state index in [-0.39, 0.29) is 6.04 Å². The van der Waals surface area contributed by atoms with E-state index in [0.29, 0.717) is 10.0 Å².